The highest BCUT2D eigenvalue weighted by Crippen LogP contribution is 2.31. The quantitative estimate of drug-likeness (QED) is 0.552. The van der Waals surface area contributed by atoms with Crippen LogP contribution in [0.1, 0.15) is 15.2 Å². The molecule has 0 unspecified atom stereocenters. The fourth-order valence-electron chi connectivity index (χ4n) is 2.42. The highest BCUT2D eigenvalue weighted by atomic mass is 79.9. The van der Waals surface area contributed by atoms with Crippen LogP contribution in [0.2, 0.25) is 5.02 Å². The first-order valence-corrected chi connectivity index (χ1v) is 11.6. The van der Waals surface area contributed by atoms with Gasteiger partial charge in [0.05, 0.1) is 15.6 Å². The van der Waals surface area contributed by atoms with Crippen molar-refractivity contribution in [2.45, 2.75) is 11.8 Å². The molecule has 27 heavy (non-hydrogen) atoms. The lowest BCUT2D eigenvalue weighted by atomic mass is 10.1. The fourth-order valence-corrected chi connectivity index (χ4v) is 4.82. The van der Waals surface area contributed by atoms with Gasteiger partial charge in [-0.2, -0.15) is 0 Å². The number of carbonyl (C=O) groups is 1. The van der Waals surface area contributed by atoms with Crippen LogP contribution >= 0.6 is 38.9 Å². The molecule has 3 aromatic rings. The summed E-state index contributed by atoms with van der Waals surface area (Å²) in [6.07, 6.45) is 1.05. The number of nitrogens with zero attached hydrogens (tertiary/aromatic N) is 1. The summed E-state index contributed by atoms with van der Waals surface area (Å²) in [6.45, 7) is 1.93. The van der Waals surface area contributed by atoms with E-state index in [4.69, 9.17) is 11.6 Å². The number of sulfone groups is 1. The molecule has 0 atom stereocenters. The summed E-state index contributed by atoms with van der Waals surface area (Å²) in [4.78, 5) is 17.9. The van der Waals surface area contributed by atoms with Crippen molar-refractivity contribution in [1.29, 1.82) is 0 Å². The topological polar surface area (TPSA) is 76.1 Å². The fraction of sp³-hybridized carbons (Fsp3) is 0.111. The van der Waals surface area contributed by atoms with Gasteiger partial charge in [-0.1, -0.05) is 39.7 Å². The van der Waals surface area contributed by atoms with E-state index in [0.29, 0.717) is 5.13 Å². The first kappa shape index (κ1) is 20.0. The van der Waals surface area contributed by atoms with Crippen molar-refractivity contribution >= 4 is 59.7 Å². The number of halogens is 2. The van der Waals surface area contributed by atoms with Crippen LogP contribution in [0.5, 0.6) is 0 Å². The number of rotatable bonds is 4. The lowest BCUT2D eigenvalue weighted by molar-refractivity contribution is 0.102. The van der Waals surface area contributed by atoms with Crippen LogP contribution in [0.15, 0.2) is 51.8 Å². The molecule has 1 heterocycles. The Bertz CT molecular complexity index is 1130. The Balaban J connectivity index is 1.87. The minimum Gasteiger partial charge on any atom is -0.298 e. The predicted molar refractivity (Wildman–Crippen MR) is 113 cm³/mol. The van der Waals surface area contributed by atoms with Crippen LogP contribution in [0, 0.1) is 6.92 Å². The smallest absolute Gasteiger partial charge is 0.257 e. The van der Waals surface area contributed by atoms with Crippen molar-refractivity contribution in [3.8, 4) is 11.3 Å². The molecular formula is C18H14BrClN2O3S2. The number of thiazole rings is 1. The Hall–Kier alpha value is -1.74. The molecule has 0 radical (unpaired) electrons. The highest BCUT2D eigenvalue weighted by molar-refractivity contribution is 9.10. The van der Waals surface area contributed by atoms with Crippen LogP contribution in [0.25, 0.3) is 11.3 Å². The lowest BCUT2D eigenvalue weighted by Crippen LogP contribution is -2.12. The van der Waals surface area contributed by atoms with Crippen molar-refractivity contribution in [1.82, 2.24) is 4.98 Å². The number of amides is 1. The SMILES string of the molecule is Cc1sc(NC(=O)c2ccc(Cl)c(S(C)(=O)=O)c2)nc1-c1ccc(Br)cc1. The van der Waals surface area contributed by atoms with E-state index >= 15 is 0 Å². The van der Waals surface area contributed by atoms with Crippen LogP contribution in [-0.4, -0.2) is 25.6 Å². The van der Waals surface area contributed by atoms with Crippen molar-refractivity contribution < 1.29 is 13.2 Å². The summed E-state index contributed by atoms with van der Waals surface area (Å²) in [6, 6.07) is 11.9. The van der Waals surface area contributed by atoms with Gasteiger partial charge in [0.25, 0.3) is 5.91 Å². The van der Waals surface area contributed by atoms with Gasteiger partial charge in [0.1, 0.15) is 0 Å². The zero-order chi connectivity index (χ0) is 19.8. The number of anilines is 1. The molecule has 1 aromatic heterocycles. The number of hydrogen-bond donors (Lipinski definition) is 1. The van der Waals surface area contributed by atoms with Gasteiger partial charge < -0.3 is 0 Å². The van der Waals surface area contributed by atoms with Crippen molar-refractivity contribution in [2.24, 2.45) is 0 Å². The van der Waals surface area contributed by atoms with Crippen LogP contribution in [0.4, 0.5) is 5.13 Å². The van der Waals surface area contributed by atoms with E-state index < -0.39 is 15.7 Å². The largest absolute Gasteiger partial charge is 0.298 e. The molecule has 3 rings (SSSR count). The molecule has 0 aliphatic carbocycles. The second kappa shape index (κ2) is 7.71. The number of nitrogens with one attached hydrogen (secondary N) is 1. The van der Waals surface area contributed by atoms with Gasteiger partial charge in [-0.15, -0.1) is 11.3 Å². The Kier molecular flexibility index (Phi) is 5.71. The van der Waals surface area contributed by atoms with E-state index in [1.807, 2.05) is 31.2 Å². The van der Waals surface area contributed by atoms with Gasteiger partial charge >= 0.3 is 0 Å². The zero-order valence-corrected chi connectivity index (χ0v) is 18.3. The molecule has 5 nitrogen and oxygen atoms in total. The molecule has 0 saturated carbocycles. The summed E-state index contributed by atoms with van der Waals surface area (Å²) in [7, 11) is -3.53. The number of aryl methyl sites for hydroxylation is 1. The van der Waals surface area contributed by atoms with Crippen LogP contribution < -0.4 is 5.32 Å². The zero-order valence-electron chi connectivity index (χ0n) is 14.3. The maximum Gasteiger partial charge on any atom is 0.257 e. The molecular weight excluding hydrogens is 472 g/mol. The van der Waals surface area contributed by atoms with Gasteiger partial charge in [-0.3, -0.25) is 10.1 Å². The van der Waals surface area contributed by atoms with Crippen LogP contribution in [-0.2, 0) is 9.84 Å². The Morgan fingerprint density at radius 2 is 1.85 bits per heavy atom. The maximum absolute atomic E-state index is 12.5. The summed E-state index contributed by atoms with van der Waals surface area (Å²) >= 11 is 10.7. The first-order valence-electron chi connectivity index (χ1n) is 7.69. The Morgan fingerprint density at radius 1 is 1.19 bits per heavy atom. The number of benzene rings is 2. The third-order valence-electron chi connectivity index (χ3n) is 3.73. The van der Waals surface area contributed by atoms with E-state index in [0.717, 1.165) is 26.9 Å². The van der Waals surface area contributed by atoms with Crippen molar-refractivity contribution in [3.05, 3.63) is 62.4 Å². The number of hydrogen-bond acceptors (Lipinski definition) is 5. The second-order valence-corrected chi connectivity index (χ2v) is 10.3. The normalized spacial score (nSPS) is 11.4. The van der Waals surface area contributed by atoms with Gasteiger partial charge in [0.2, 0.25) is 0 Å². The highest BCUT2D eigenvalue weighted by Gasteiger charge is 2.17. The third-order valence-corrected chi connectivity index (χ3v) is 6.72. The van der Waals surface area contributed by atoms with E-state index in [-0.39, 0.29) is 15.5 Å². The van der Waals surface area contributed by atoms with E-state index in [9.17, 15) is 13.2 Å². The molecule has 0 saturated heterocycles. The second-order valence-electron chi connectivity index (χ2n) is 5.80. The van der Waals surface area contributed by atoms with E-state index in [1.54, 1.807) is 0 Å². The van der Waals surface area contributed by atoms with Crippen LogP contribution in [0.3, 0.4) is 0 Å². The van der Waals surface area contributed by atoms with Gasteiger partial charge in [0, 0.05) is 26.7 Å². The molecule has 0 aliphatic rings. The minimum absolute atomic E-state index is 0.0802. The van der Waals surface area contributed by atoms with E-state index in [1.165, 1.54) is 29.5 Å². The summed E-state index contributed by atoms with van der Waals surface area (Å²) < 4.78 is 24.5. The minimum atomic E-state index is -3.53. The first-order chi connectivity index (χ1) is 12.6. The molecule has 1 amide bonds. The van der Waals surface area contributed by atoms with Crippen molar-refractivity contribution in [2.75, 3.05) is 11.6 Å². The van der Waals surface area contributed by atoms with Crippen molar-refractivity contribution in [3.63, 3.8) is 0 Å². The molecule has 2 aromatic carbocycles. The summed E-state index contributed by atoms with van der Waals surface area (Å²) in [5, 5.41) is 3.24. The number of carbonyl (C=O) groups excluding carboxylic acids is 1. The number of aromatic nitrogens is 1. The van der Waals surface area contributed by atoms with Gasteiger partial charge in [-0.05, 0) is 37.3 Å². The Labute approximate surface area is 174 Å². The average Bonchev–Trinajstić information content (AvgIpc) is 2.95. The van der Waals surface area contributed by atoms with Gasteiger partial charge in [0.15, 0.2) is 15.0 Å². The third kappa shape index (κ3) is 4.57. The maximum atomic E-state index is 12.5. The molecule has 0 spiro atoms. The Morgan fingerprint density at radius 3 is 2.48 bits per heavy atom. The van der Waals surface area contributed by atoms with E-state index in [2.05, 4.69) is 26.2 Å². The predicted octanol–water partition coefficient (Wildman–Crippen LogP) is 5.19. The molecule has 1 N–H and O–H groups in total. The molecule has 0 fully saturated rings. The standard InChI is InChI=1S/C18H14BrClN2O3S2/c1-10-16(11-3-6-13(19)7-4-11)21-18(26-10)22-17(23)12-5-8-14(20)15(9-12)27(2,24)25/h3-9H,1-2H3,(H,21,22,23). The average molecular weight is 486 g/mol. The lowest BCUT2D eigenvalue weighted by Gasteiger charge is -2.06. The molecule has 9 heteroatoms. The summed E-state index contributed by atoms with van der Waals surface area (Å²) in [5.41, 5.74) is 1.92. The molecule has 0 aliphatic heterocycles. The summed E-state index contributed by atoms with van der Waals surface area (Å²) in [5.74, 6) is -0.451. The monoisotopic (exact) mass is 484 g/mol. The van der Waals surface area contributed by atoms with Gasteiger partial charge in [-0.25, -0.2) is 13.4 Å². The molecule has 140 valence electrons. The molecule has 0 bridgehead atoms.